The van der Waals surface area contributed by atoms with Crippen LogP contribution in [0.15, 0.2) is 0 Å². The van der Waals surface area contributed by atoms with Crippen molar-refractivity contribution in [1.82, 2.24) is 10.6 Å². The summed E-state index contributed by atoms with van der Waals surface area (Å²) in [7, 11) is -2.98. The molecule has 2 N–H and O–H groups in total. The molecule has 5 nitrogen and oxygen atoms in total. The van der Waals surface area contributed by atoms with Crippen LogP contribution in [0, 0.1) is 12.3 Å². The number of hydrogen-bond donors (Lipinski definition) is 2. The van der Waals surface area contributed by atoms with Crippen molar-refractivity contribution in [2.45, 2.75) is 18.1 Å². The number of nitrogens with one attached hydrogen (secondary N) is 2. The highest BCUT2D eigenvalue weighted by Gasteiger charge is 2.31. The van der Waals surface area contributed by atoms with Gasteiger partial charge in [-0.05, 0) is 12.8 Å². The minimum Gasteiger partial charge on any atom is -0.354 e. The van der Waals surface area contributed by atoms with Gasteiger partial charge in [0.2, 0.25) is 5.91 Å². The van der Waals surface area contributed by atoms with Gasteiger partial charge < -0.3 is 5.32 Å². The van der Waals surface area contributed by atoms with Crippen molar-refractivity contribution < 1.29 is 13.2 Å². The molecule has 0 bridgehead atoms. The molecular weight excluding hydrogens is 228 g/mol. The number of carbonyl (C=O) groups is 1. The zero-order chi connectivity index (χ0) is 12.0. The van der Waals surface area contributed by atoms with E-state index in [1.54, 1.807) is 0 Å². The molecular formula is C10H16N2O3S. The van der Waals surface area contributed by atoms with Gasteiger partial charge in [-0.15, -0.1) is 6.42 Å². The molecule has 0 radical (unpaired) electrons. The molecule has 0 saturated carbocycles. The zero-order valence-corrected chi connectivity index (χ0v) is 9.85. The maximum Gasteiger partial charge on any atom is 0.234 e. The number of terminal acetylenes is 1. The summed E-state index contributed by atoms with van der Waals surface area (Å²) in [5.74, 6) is 2.36. The molecule has 1 aliphatic rings. The van der Waals surface area contributed by atoms with Crippen LogP contribution in [0.2, 0.25) is 0 Å². The van der Waals surface area contributed by atoms with Gasteiger partial charge in [0.05, 0.1) is 24.1 Å². The summed E-state index contributed by atoms with van der Waals surface area (Å²) in [6.07, 6.45) is 6.33. The predicted octanol–water partition coefficient (Wildman–Crippen LogP) is -1.10. The Labute approximate surface area is 95.9 Å². The van der Waals surface area contributed by atoms with Crippen LogP contribution < -0.4 is 10.6 Å². The summed E-state index contributed by atoms with van der Waals surface area (Å²) < 4.78 is 22.9. The molecule has 1 saturated heterocycles. The van der Waals surface area contributed by atoms with Crippen LogP contribution in [0.4, 0.5) is 0 Å². The largest absolute Gasteiger partial charge is 0.354 e. The average Bonchev–Trinajstić information content (AvgIpc) is 2.55. The summed E-state index contributed by atoms with van der Waals surface area (Å²) in [4.78, 5) is 11.2. The summed E-state index contributed by atoms with van der Waals surface area (Å²) >= 11 is 0. The molecule has 6 heteroatoms. The molecule has 0 spiro atoms. The van der Waals surface area contributed by atoms with Crippen molar-refractivity contribution in [3.05, 3.63) is 0 Å². The maximum atomic E-state index is 11.4. The second-order valence-electron chi connectivity index (χ2n) is 3.74. The highest BCUT2D eigenvalue weighted by Crippen LogP contribution is 2.18. The van der Waals surface area contributed by atoms with Crippen molar-refractivity contribution in [2.24, 2.45) is 0 Å². The van der Waals surface area contributed by atoms with Crippen LogP contribution in [0.3, 0.4) is 0 Å². The molecule has 0 aromatic heterocycles. The first-order valence-corrected chi connectivity index (χ1v) is 6.90. The normalized spacial score (nSPS) is 22.6. The van der Waals surface area contributed by atoms with Gasteiger partial charge >= 0.3 is 0 Å². The lowest BCUT2D eigenvalue weighted by Crippen LogP contribution is -2.39. The number of carbonyl (C=O) groups excluding carboxylic acids is 1. The lowest BCUT2D eigenvalue weighted by molar-refractivity contribution is -0.120. The third kappa shape index (κ3) is 3.83. The molecule has 1 atom stereocenters. The lowest BCUT2D eigenvalue weighted by Gasteiger charge is -2.10. The van der Waals surface area contributed by atoms with Crippen LogP contribution in [0.5, 0.6) is 0 Å². The van der Waals surface area contributed by atoms with E-state index in [0.29, 0.717) is 19.4 Å². The van der Waals surface area contributed by atoms with E-state index in [0.717, 1.165) is 0 Å². The van der Waals surface area contributed by atoms with Gasteiger partial charge in [-0.1, -0.05) is 5.92 Å². The highest BCUT2D eigenvalue weighted by molar-refractivity contribution is 7.92. The van der Waals surface area contributed by atoms with E-state index in [-0.39, 0.29) is 24.7 Å². The Morgan fingerprint density at radius 2 is 2.25 bits per heavy atom. The Balaban J connectivity index is 2.25. The molecule has 1 amide bonds. The van der Waals surface area contributed by atoms with E-state index in [4.69, 9.17) is 6.42 Å². The third-order valence-corrected chi connectivity index (χ3v) is 4.78. The number of sulfone groups is 1. The van der Waals surface area contributed by atoms with Crippen molar-refractivity contribution in [3.63, 3.8) is 0 Å². The molecule has 1 aliphatic heterocycles. The highest BCUT2D eigenvalue weighted by atomic mass is 32.2. The van der Waals surface area contributed by atoms with Gasteiger partial charge in [0.1, 0.15) is 0 Å². The molecule has 1 unspecified atom stereocenters. The molecule has 1 fully saturated rings. The smallest absolute Gasteiger partial charge is 0.234 e. The topological polar surface area (TPSA) is 75.3 Å². The van der Waals surface area contributed by atoms with Crippen LogP contribution in [-0.2, 0) is 14.6 Å². The van der Waals surface area contributed by atoms with Gasteiger partial charge in [0.15, 0.2) is 9.84 Å². The maximum absolute atomic E-state index is 11.4. The Morgan fingerprint density at radius 1 is 1.50 bits per heavy atom. The Morgan fingerprint density at radius 3 is 2.81 bits per heavy atom. The van der Waals surface area contributed by atoms with Gasteiger partial charge in [0, 0.05) is 6.54 Å². The van der Waals surface area contributed by atoms with Crippen molar-refractivity contribution in [2.75, 3.05) is 25.4 Å². The molecule has 16 heavy (non-hydrogen) atoms. The van der Waals surface area contributed by atoms with E-state index < -0.39 is 15.1 Å². The summed E-state index contributed by atoms with van der Waals surface area (Å²) in [6, 6.07) is 0. The first kappa shape index (κ1) is 13.0. The fraction of sp³-hybridized carbons (Fsp3) is 0.700. The molecule has 1 rings (SSSR count). The first-order chi connectivity index (χ1) is 7.56. The molecule has 0 aromatic rings. The van der Waals surface area contributed by atoms with E-state index in [1.807, 2.05) is 0 Å². The summed E-state index contributed by atoms with van der Waals surface area (Å²) in [5.41, 5.74) is 0. The SMILES string of the molecule is C#CCNCC(=O)NCC1CCCS1(=O)=O. The minimum atomic E-state index is -2.98. The Kier molecular flexibility index (Phi) is 4.77. The fourth-order valence-electron chi connectivity index (χ4n) is 1.63. The van der Waals surface area contributed by atoms with E-state index in [9.17, 15) is 13.2 Å². The van der Waals surface area contributed by atoms with Crippen LogP contribution >= 0.6 is 0 Å². The molecule has 0 aliphatic carbocycles. The van der Waals surface area contributed by atoms with Crippen molar-refractivity contribution in [1.29, 1.82) is 0 Å². The summed E-state index contributed by atoms with van der Waals surface area (Å²) in [6.45, 7) is 0.658. The molecule has 0 aromatic carbocycles. The molecule has 90 valence electrons. The van der Waals surface area contributed by atoms with E-state index in [2.05, 4.69) is 16.6 Å². The first-order valence-electron chi connectivity index (χ1n) is 5.18. The van der Waals surface area contributed by atoms with Crippen LogP contribution in [0.1, 0.15) is 12.8 Å². The third-order valence-electron chi connectivity index (χ3n) is 2.50. The second-order valence-corrected chi connectivity index (χ2v) is 6.14. The minimum absolute atomic E-state index is 0.122. The van der Waals surface area contributed by atoms with Gasteiger partial charge in [0.25, 0.3) is 0 Å². The lowest BCUT2D eigenvalue weighted by atomic mass is 10.2. The van der Waals surface area contributed by atoms with Gasteiger partial charge in [-0.2, -0.15) is 0 Å². The predicted molar refractivity (Wildman–Crippen MR) is 61.5 cm³/mol. The van der Waals surface area contributed by atoms with Gasteiger partial charge in [-0.25, -0.2) is 8.42 Å². The zero-order valence-electron chi connectivity index (χ0n) is 9.03. The quantitative estimate of drug-likeness (QED) is 0.475. The number of rotatable bonds is 5. The van der Waals surface area contributed by atoms with E-state index in [1.165, 1.54) is 0 Å². The monoisotopic (exact) mass is 244 g/mol. The fourth-order valence-corrected chi connectivity index (χ4v) is 3.39. The number of hydrogen-bond acceptors (Lipinski definition) is 4. The van der Waals surface area contributed by atoms with Crippen molar-refractivity contribution >= 4 is 15.7 Å². The summed E-state index contributed by atoms with van der Waals surface area (Å²) in [5, 5.41) is 4.91. The van der Waals surface area contributed by atoms with Crippen LogP contribution in [0.25, 0.3) is 0 Å². The Hall–Kier alpha value is -1.06. The van der Waals surface area contributed by atoms with Gasteiger partial charge in [-0.3, -0.25) is 10.1 Å². The molecule has 1 heterocycles. The van der Waals surface area contributed by atoms with Crippen LogP contribution in [-0.4, -0.2) is 45.0 Å². The Bertz CT molecular complexity index is 383. The van der Waals surface area contributed by atoms with E-state index >= 15 is 0 Å². The van der Waals surface area contributed by atoms with Crippen molar-refractivity contribution in [3.8, 4) is 12.3 Å². The average molecular weight is 244 g/mol. The number of amides is 1. The standard InChI is InChI=1S/C10H16N2O3S/c1-2-5-11-8-10(13)12-7-9-4-3-6-16(9,14)15/h1,9,11H,3-8H2,(H,12,13). The second kappa shape index (κ2) is 5.87.